The number of rotatable bonds is 2. The van der Waals surface area contributed by atoms with Gasteiger partial charge in [-0.05, 0) is 18.2 Å². The predicted octanol–water partition coefficient (Wildman–Crippen LogP) is 3.94. The maximum absolute atomic E-state index is 13.7. The van der Waals surface area contributed by atoms with Crippen LogP contribution in [0.2, 0.25) is 5.15 Å². The number of anilines is 3. The molecule has 0 saturated heterocycles. The molecule has 0 spiro atoms. The first-order valence-corrected chi connectivity index (χ1v) is 6.67. The van der Waals surface area contributed by atoms with Crippen LogP contribution in [0, 0.1) is 0 Å². The summed E-state index contributed by atoms with van der Waals surface area (Å²) >= 11 is 5.45. The monoisotopic (exact) mass is 364 g/mol. The van der Waals surface area contributed by atoms with Crippen LogP contribution in [0.5, 0.6) is 0 Å². The minimum absolute atomic E-state index is 0.0538. The van der Waals surface area contributed by atoms with E-state index in [1.54, 1.807) is 0 Å². The second-order valence-electron chi connectivity index (χ2n) is 4.81. The molecule has 0 bridgehead atoms. The first-order chi connectivity index (χ1) is 11.1. The van der Waals surface area contributed by atoms with Crippen LogP contribution in [-0.4, -0.2) is 15.9 Å². The summed E-state index contributed by atoms with van der Waals surface area (Å²) in [4.78, 5) is 18.1. The van der Waals surface area contributed by atoms with E-state index in [0.29, 0.717) is 6.20 Å². The molecule has 0 fully saturated rings. The Morgan fingerprint density at radius 2 is 1.96 bits per heavy atom. The van der Waals surface area contributed by atoms with E-state index in [2.05, 4.69) is 15.3 Å². The van der Waals surface area contributed by atoms with Gasteiger partial charge < -0.3 is 10.6 Å². The molecule has 2 heterocycles. The van der Waals surface area contributed by atoms with Crippen LogP contribution < -0.4 is 10.6 Å². The molecule has 2 N–H and O–H groups in total. The highest BCUT2D eigenvalue weighted by Gasteiger charge is 2.48. The number of hydrogen-bond donors (Lipinski definition) is 2. The summed E-state index contributed by atoms with van der Waals surface area (Å²) in [5.74, 6) is -5.47. The number of halogens is 6. The average molecular weight is 365 g/mol. The van der Waals surface area contributed by atoms with Gasteiger partial charge in [-0.2, -0.15) is 22.0 Å². The van der Waals surface area contributed by atoms with Crippen LogP contribution in [0.1, 0.15) is 11.1 Å². The number of aromatic nitrogens is 2. The molecule has 0 atom stereocenters. The van der Waals surface area contributed by atoms with Crippen molar-refractivity contribution in [3.05, 3.63) is 40.7 Å². The molecule has 1 aliphatic rings. The fourth-order valence-electron chi connectivity index (χ4n) is 2.05. The number of carbonyl (C=O) groups excluding carboxylic acids is 1. The molecule has 24 heavy (non-hydrogen) atoms. The quantitative estimate of drug-likeness (QED) is 0.626. The number of benzene rings is 1. The summed E-state index contributed by atoms with van der Waals surface area (Å²) in [6.45, 7) is 0. The summed E-state index contributed by atoms with van der Waals surface area (Å²) < 4.78 is 65.1. The molecule has 126 valence electrons. The van der Waals surface area contributed by atoms with Gasteiger partial charge in [0.1, 0.15) is 10.7 Å². The topological polar surface area (TPSA) is 66.9 Å². The minimum atomic E-state index is -4.71. The minimum Gasteiger partial charge on any atom is -0.324 e. The summed E-state index contributed by atoms with van der Waals surface area (Å²) in [6.07, 6.45) is -4.23. The van der Waals surface area contributed by atoms with Crippen molar-refractivity contribution in [3.63, 3.8) is 0 Å². The first-order valence-electron chi connectivity index (χ1n) is 6.29. The van der Waals surface area contributed by atoms with Gasteiger partial charge >= 0.3 is 12.1 Å². The third kappa shape index (κ3) is 2.73. The SMILES string of the molecule is O=C1Nc2ccc(Nc3ncc(C(F)(F)F)c(Cl)n3)cc2C1(F)F. The maximum Gasteiger partial charge on any atom is 0.420 e. The van der Waals surface area contributed by atoms with E-state index in [-0.39, 0.29) is 17.3 Å². The van der Waals surface area contributed by atoms with E-state index < -0.39 is 34.3 Å². The van der Waals surface area contributed by atoms with Gasteiger partial charge in [-0.25, -0.2) is 9.97 Å². The van der Waals surface area contributed by atoms with Crippen molar-refractivity contribution in [1.29, 1.82) is 0 Å². The van der Waals surface area contributed by atoms with Gasteiger partial charge in [0.15, 0.2) is 0 Å². The summed E-state index contributed by atoms with van der Waals surface area (Å²) in [7, 11) is 0. The summed E-state index contributed by atoms with van der Waals surface area (Å²) in [6, 6.07) is 3.53. The van der Waals surface area contributed by atoms with Gasteiger partial charge in [-0.15, -0.1) is 0 Å². The third-order valence-corrected chi connectivity index (χ3v) is 3.48. The largest absolute Gasteiger partial charge is 0.420 e. The number of alkyl halides is 5. The Balaban J connectivity index is 1.90. The van der Waals surface area contributed by atoms with Gasteiger partial charge in [0.05, 0.1) is 11.3 Å². The number of nitrogens with zero attached hydrogens (tertiary/aromatic N) is 2. The smallest absolute Gasteiger partial charge is 0.324 e. The predicted molar refractivity (Wildman–Crippen MR) is 74.3 cm³/mol. The maximum atomic E-state index is 13.7. The Morgan fingerprint density at radius 3 is 2.58 bits per heavy atom. The van der Waals surface area contributed by atoms with Crippen LogP contribution in [0.25, 0.3) is 0 Å². The van der Waals surface area contributed by atoms with Crippen LogP contribution >= 0.6 is 11.6 Å². The van der Waals surface area contributed by atoms with Gasteiger partial charge in [0.2, 0.25) is 5.95 Å². The lowest BCUT2D eigenvalue weighted by Crippen LogP contribution is -2.23. The molecule has 2 aromatic rings. The molecule has 0 unspecified atom stereocenters. The van der Waals surface area contributed by atoms with Crippen molar-refractivity contribution < 1.29 is 26.7 Å². The fourth-order valence-corrected chi connectivity index (χ4v) is 2.29. The molecular formula is C13H6ClF5N4O. The molecule has 1 amide bonds. The third-order valence-electron chi connectivity index (χ3n) is 3.19. The van der Waals surface area contributed by atoms with E-state index in [1.165, 1.54) is 12.1 Å². The molecule has 1 aromatic carbocycles. The lowest BCUT2D eigenvalue weighted by atomic mass is 10.1. The molecular weight excluding hydrogens is 359 g/mol. The standard InChI is InChI=1S/C13H6ClF5N4O/c14-9-7(13(17,18)19)4-20-11(23-9)21-5-1-2-8-6(3-5)12(15,16)10(24)22-8/h1-4H,(H,22,24)(H,20,21,23). The van der Waals surface area contributed by atoms with E-state index in [4.69, 9.17) is 11.6 Å². The molecule has 1 aliphatic heterocycles. The molecule has 5 nitrogen and oxygen atoms in total. The Hall–Kier alpha value is -2.49. The zero-order valence-corrected chi connectivity index (χ0v) is 12.1. The van der Waals surface area contributed by atoms with Crippen molar-refractivity contribution in [2.75, 3.05) is 10.6 Å². The van der Waals surface area contributed by atoms with E-state index in [9.17, 15) is 26.7 Å². The zero-order chi connectivity index (χ0) is 17.7. The summed E-state index contributed by atoms with van der Waals surface area (Å²) in [5, 5.41) is 3.65. The molecule has 3 rings (SSSR count). The van der Waals surface area contributed by atoms with Gasteiger partial charge in [-0.1, -0.05) is 11.6 Å². The number of fused-ring (bicyclic) bond motifs is 1. The second-order valence-corrected chi connectivity index (χ2v) is 5.17. The van der Waals surface area contributed by atoms with Gasteiger partial charge in [-0.3, -0.25) is 4.79 Å². The number of hydrogen-bond acceptors (Lipinski definition) is 4. The van der Waals surface area contributed by atoms with Crippen molar-refractivity contribution in [1.82, 2.24) is 9.97 Å². The fraction of sp³-hybridized carbons (Fsp3) is 0.154. The van der Waals surface area contributed by atoms with Crippen LogP contribution in [-0.2, 0) is 16.9 Å². The Morgan fingerprint density at radius 1 is 1.25 bits per heavy atom. The highest BCUT2D eigenvalue weighted by molar-refractivity contribution is 6.30. The van der Waals surface area contributed by atoms with Gasteiger partial charge in [0.25, 0.3) is 5.91 Å². The molecule has 11 heteroatoms. The van der Waals surface area contributed by atoms with Crippen LogP contribution in [0.4, 0.5) is 39.3 Å². The first kappa shape index (κ1) is 16.4. The lowest BCUT2D eigenvalue weighted by molar-refractivity contribution is -0.139. The second kappa shape index (κ2) is 5.26. The lowest BCUT2D eigenvalue weighted by Gasteiger charge is -2.11. The van der Waals surface area contributed by atoms with Crippen LogP contribution in [0.3, 0.4) is 0 Å². The molecule has 0 aliphatic carbocycles. The van der Waals surface area contributed by atoms with Crippen molar-refractivity contribution in [3.8, 4) is 0 Å². The highest BCUT2D eigenvalue weighted by atomic mass is 35.5. The Kier molecular flexibility index (Phi) is 3.59. The Bertz CT molecular complexity index is 840. The number of carbonyl (C=O) groups is 1. The van der Waals surface area contributed by atoms with E-state index >= 15 is 0 Å². The number of amides is 1. The summed E-state index contributed by atoms with van der Waals surface area (Å²) in [5.41, 5.74) is -1.77. The Labute approximate surface area is 135 Å². The van der Waals surface area contributed by atoms with E-state index in [1.807, 2.05) is 5.32 Å². The average Bonchev–Trinajstić information content (AvgIpc) is 2.68. The van der Waals surface area contributed by atoms with E-state index in [0.717, 1.165) is 6.07 Å². The molecule has 0 radical (unpaired) electrons. The van der Waals surface area contributed by atoms with Crippen molar-refractivity contribution in [2.24, 2.45) is 0 Å². The number of nitrogens with one attached hydrogen (secondary N) is 2. The molecule has 1 aromatic heterocycles. The van der Waals surface area contributed by atoms with Crippen LogP contribution in [0.15, 0.2) is 24.4 Å². The van der Waals surface area contributed by atoms with Gasteiger partial charge in [0, 0.05) is 11.9 Å². The van der Waals surface area contributed by atoms with Crippen molar-refractivity contribution in [2.45, 2.75) is 12.1 Å². The normalized spacial score (nSPS) is 15.8. The zero-order valence-electron chi connectivity index (χ0n) is 11.4. The van der Waals surface area contributed by atoms with Crippen molar-refractivity contribution >= 4 is 34.8 Å². The molecule has 0 saturated carbocycles. The highest BCUT2D eigenvalue weighted by Crippen LogP contribution is 2.42.